The van der Waals surface area contributed by atoms with Crippen molar-refractivity contribution in [3.8, 4) is 0 Å². The van der Waals surface area contributed by atoms with Gasteiger partial charge in [0.15, 0.2) is 0 Å². The van der Waals surface area contributed by atoms with Crippen LogP contribution in [0.5, 0.6) is 0 Å². The minimum Gasteiger partial charge on any atom is -0.466 e. The fourth-order valence-corrected chi connectivity index (χ4v) is 8.08. The molecular formula is C56H95N3O7. The third-order valence-corrected chi connectivity index (χ3v) is 12.1. The number of unbranched alkanes of at least 4 members (excludes halogenated alkanes) is 12. The standard InChI is InChI=1S/C56H95N3O7/c1-6-8-10-12-14-16-18-20-22-24-26-28-30-32-34-36-40-54(61)63-47-42-51-52(66-56(65-51)49-59(50-56)53(60)39-38-44-58(5)46-45-57(3)4)43-48-64-55(62)41-37-35-33-31-29-27-25-23-21-19-17-15-13-11-9-7-2/h8-11,14-17,20-23,51-52H,6-7,12-13,18-19,24-50H2,1-5H3/b10-8-,11-9-,16-14-,17-15-,22-20-,23-21-. The fraction of sp³-hybridized carbons (Fsp3) is 0.732. The maximum atomic E-state index is 13.0. The number of hydrogen-bond donors (Lipinski definition) is 0. The number of likely N-dealkylation sites (tertiary alicyclic amines) is 1. The predicted molar refractivity (Wildman–Crippen MR) is 273 cm³/mol. The Kier molecular flexibility index (Phi) is 35.3. The van der Waals surface area contributed by atoms with Gasteiger partial charge in [-0.25, -0.2) is 0 Å². The molecule has 0 aliphatic carbocycles. The molecule has 2 aliphatic heterocycles. The van der Waals surface area contributed by atoms with Gasteiger partial charge in [0.25, 0.3) is 0 Å². The Hall–Kier alpha value is -3.31. The van der Waals surface area contributed by atoms with E-state index < -0.39 is 5.79 Å². The van der Waals surface area contributed by atoms with Gasteiger partial charge in [-0.1, -0.05) is 138 Å². The Bertz CT molecular complexity index is 1350. The molecule has 66 heavy (non-hydrogen) atoms. The summed E-state index contributed by atoms with van der Waals surface area (Å²) in [4.78, 5) is 44.5. The van der Waals surface area contributed by atoms with Gasteiger partial charge in [-0.2, -0.15) is 0 Å². The minimum absolute atomic E-state index is 0.113. The molecule has 10 heteroatoms. The van der Waals surface area contributed by atoms with E-state index in [1.807, 2.05) is 4.90 Å². The smallest absolute Gasteiger partial charge is 0.305 e. The predicted octanol–water partition coefficient (Wildman–Crippen LogP) is 12.4. The second kappa shape index (κ2) is 39.7. The molecule has 1 spiro atoms. The van der Waals surface area contributed by atoms with Crippen LogP contribution < -0.4 is 0 Å². The van der Waals surface area contributed by atoms with Gasteiger partial charge in [0, 0.05) is 45.2 Å². The first-order valence-electron chi connectivity index (χ1n) is 26.4. The molecule has 2 heterocycles. The van der Waals surface area contributed by atoms with Crippen LogP contribution >= 0.6 is 0 Å². The largest absolute Gasteiger partial charge is 0.466 e. The summed E-state index contributed by atoms with van der Waals surface area (Å²) in [6.45, 7) is 8.39. The highest BCUT2D eigenvalue weighted by Crippen LogP contribution is 2.39. The number of ether oxygens (including phenoxy) is 4. The van der Waals surface area contributed by atoms with Gasteiger partial charge in [-0.05, 0) is 111 Å². The van der Waals surface area contributed by atoms with Crippen molar-refractivity contribution < 1.29 is 33.3 Å². The zero-order valence-corrected chi connectivity index (χ0v) is 42.6. The molecule has 2 aliphatic rings. The van der Waals surface area contributed by atoms with Crippen molar-refractivity contribution in [2.45, 2.75) is 199 Å². The first-order valence-corrected chi connectivity index (χ1v) is 26.4. The fourth-order valence-electron chi connectivity index (χ4n) is 8.08. The van der Waals surface area contributed by atoms with Crippen molar-refractivity contribution in [3.63, 3.8) is 0 Å². The van der Waals surface area contributed by atoms with Crippen molar-refractivity contribution in [3.05, 3.63) is 72.9 Å². The molecule has 2 unspecified atom stereocenters. The van der Waals surface area contributed by atoms with Crippen LogP contribution in [-0.2, 0) is 33.3 Å². The monoisotopic (exact) mass is 922 g/mol. The van der Waals surface area contributed by atoms with Crippen LogP contribution in [0.2, 0.25) is 0 Å². The Labute approximate surface area is 403 Å². The third-order valence-electron chi connectivity index (χ3n) is 12.1. The van der Waals surface area contributed by atoms with Crippen LogP contribution in [-0.4, -0.2) is 118 Å². The normalized spacial score (nSPS) is 17.5. The van der Waals surface area contributed by atoms with E-state index in [4.69, 9.17) is 18.9 Å². The molecule has 0 N–H and O–H groups in total. The first-order chi connectivity index (χ1) is 32.2. The van der Waals surface area contributed by atoms with Gasteiger partial charge < -0.3 is 33.6 Å². The summed E-state index contributed by atoms with van der Waals surface area (Å²) < 4.78 is 24.3. The Morgan fingerprint density at radius 2 is 0.924 bits per heavy atom. The molecule has 0 bridgehead atoms. The molecule has 376 valence electrons. The maximum Gasteiger partial charge on any atom is 0.305 e. The number of allylic oxidation sites excluding steroid dienone is 12. The summed E-state index contributed by atoms with van der Waals surface area (Å²) in [6.07, 6.45) is 51.0. The number of nitrogens with zero attached hydrogens (tertiary/aromatic N) is 3. The highest BCUT2D eigenvalue weighted by molar-refractivity contribution is 5.77. The van der Waals surface area contributed by atoms with E-state index in [2.05, 4.69) is 118 Å². The summed E-state index contributed by atoms with van der Waals surface area (Å²) in [7, 11) is 6.23. The number of rotatable bonds is 41. The van der Waals surface area contributed by atoms with Crippen LogP contribution in [0.15, 0.2) is 72.9 Å². The summed E-state index contributed by atoms with van der Waals surface area (Å²) in [5.41, 5.74) is 0. The molecule has 2 saturated heterocycles. The molecule has 1 amide bonds. The lowest BCUT2D eigenvalue weighted by Gasteiger charge is -2.46. The lowest BCUT2D eigenvalue weighted by atomic mass is 10.1. The molecule has 0 aromatic carbocycles. The molecule has 2 rings (SSSR count). The summed E-state index contributed by atoms with van der Waals surface area (Å²) >= 11 is 0. The second-order valence-corrected chi connectivity index (χ2v) is 18.6. The van der Waals surface area contributed by atoms with Gasteiger partial charge in [-0.15, -0.1) is 0 Å². The maximum absolute atomic E-state index is 13.0. The lowest BCUT2D eigenvalue weighted by Crippen LogP contribution is -2.64. The molecule has 0 aromatic heterocycles. The second-order valence-electron chi connectivity index (χ2n) is 18.6. The number of esters is 2. The molecule has 2 fully saturated rings. The topological polar surface area (TPSA) is 97.9 Å². The van der Waals surface area contributed by atoms with Gasteiger partial charge >= 0.3 is 11.9 Å². The molecule has 0 aromatic rings. The molecule has 2 atom stereocenters. The highest BCUT2D eigenvalue weighted by atomic mass is 16.8. The van der Waals surface area contributed by atoms with Gasteiger partial charge in [0.05, 0.1) is 38.5 Å². The van der Waals surface area contributed by atoms with Crippen LogP contribution in [0.25, 0.3) is 0 Å². The Morgan fingerprint density at radius 3 is 1.36 bits per heavy atom. The van der Waals surface area contributed by atoms with Crippen molar-refractivity contribution in [2.24, 2.45) is 0 Å². The summed E-state index contributed by atoms with van der Waals surface area (Å²) in [5, 5.41) is 0. The summed E-state index contributed by atoms with van der Waals surface area (Å²) in [6, 6.07) is 0. The van der Waals surface area contributed by atoms with Crippen molar-refractivity contribution in [1.29, 1.82) is 0 Å². The average molecular weight is 922 g/mol. The van der Waals surface area contributed by atoms with Gasteiger partial charge in [-0.3, -0.25) is 14.4 Å². The zero-order chi connectivity index (χ0) is 47.8. The van der Waals surface area contributed by atoms with Crippen LogP contribution in [0.1, 0.15) is 181 Å². The Morgan fingerprint density at radius 1 is 0.515 bits per heavy atom. The van der Waals surface area contributed by atoms with E-state index >= 15 is 0 Å². The van der Waals surface area contributed by atoms with Crippen LogP contribution in [0.4, 0.5) is 0 Å². The van der Waals surface area contributed by atoms with E-state index in [0.717, 1.165) is 116 Å². The van der Waals surface area contributed by atoms with Crippen molar-refractivity contribution >= 4 is 17.8 Å². The van der Waals surface area contributed by atoms with Crippen LogP contribution in [0.3, 0.4) is 0 Å². The van der Waals surface area contributed by atoms with Gasteiger partial charge in [0.1, 0.15) is 0 Å². The summed E-state index contributed by atoms with van der Waals surface area (Å²) in [5.74, 6) is -1.10. The van der Waals surface area contributed by atoms with Crippen molar-refractivity contribution in [2.75, 3.05) is 67.1 Å². The third kappa shape index (κ3) is 30.9. The number of hydrogen-bond acceptors (Lipinski definition) is 9. The van der Waals surface area contributed by atoms with E-state index in [0.29, 0.717) is 45.2 Å². The van der Waals surface area contributed by atoms with Gasteiger partial charge in [0.2, 0.25) is 11.7 Å². The Balaban J connectivity index is 1.66. The molecule has 10 nitrogen and oxygen atoms in total. The molecule has 0 radical (unpaired) electrons. The lowest BCUT2D eigenvalue weighted by molar-refractivity contribution is -0.249. The number of amides is 1. The first kappa shape index (κ1) is 58.8. The SMILES string of the molecule is CC/C=C\C/C=C\C/C=C\CCCCCCCCC(=O)OCCC1OC2(CN(C(=O)CCCN(C)CCN(C)C)C2)OC1CCOC(=O)CCCCCCCC/C=C\C/C=C\C/C=C\CC. The zero-order valence-electron chi connectivity index (χ0n) is 42.6. The number of carbonyl (C=O) groups is 3. The molecule has 0 saturated carbocycles. The van der Waals surface area contributed by atoms with E-state index in [1.165, 1.54) is 38.5 Å². The number of likely N-dealkylation sites (N-methyl/N-ethyl adjacent to an activating group) is 2. The number of carbonyl (C=O) groups excluding carboxylic acids is 3. The van der Waals surface area contributed by atoms with E-state index in [1.54, 1.807) is 0 Å². The molecular weight excluding hydrogens is 827 g/mol. The highest BCUT2D eigenvalue weighted by Gasteiger charge is 2.56. The minimum atomic E-state index is -0.861. The van der Waals surface area contributed by atoms with Crippen molar-refractivity contribution in [1.82, 2.24) is 14.7 Å². The van der Waals surface area contributed by atoms with E-state index in [-0.39, 0.29) is 43.3 Å². The quantitative estimate of drug-likeness (QED) is 0.0337. The average Bonchev–Trinajstić information content (AvgIpc) is 3.66. The van der Waals surface area contributed by atoms with E-state index in [9.17, 15) is 14.4 Å². The van der Waals surface area contributed by atoms with Crippen LogP contribution in [0, 0.1) is 0 Å².